The first-order valence-electron chi connectivity index (χ1n) is 5.17. The maximum Gasteiger partial charge on any atom is 0.354 e. The molecule has 0 bridgehead atoms. The molecule has 0 aliphatic rings. The van der Waals surface area contributed by atoms with E-state index in [0.717, 1.165) is 29.9 Å². The van der Waals surface area contributed by atoms with E-state index in [0.29, 0.717) is 0 Å². The molecule has 5 heteroatoms. The number of aliphatic hydroxyl groups is 1. The predicted octanol–water partition coefficient (Wildman–Crippen LogP) is 2.03. The molecule has 0 aromatic carbocycles. The molecule has 0 aliphatic carbocycles. The van der Waals surface area contributed by atoms with Crippen LogP contribution in [0, 0.1) is 0 Å². The molecule has 0 spiro atoms. The highest BCUT2D eigenvalue weighted by Crippen LogP contribution is 2.19. The van der Waals surface area contributed by atoms with E-state index < -0.39 is 5.97 Å². The van der Waals surface area contributed by atoms with Crippen molar-refractivity contribution in [1.29, 1.82) is 0 Å². The van der Waals surface area contributed by atoms with Crippen LogP contribution in [0.15, 0.2) is 23.2 Å². The van der Waals surface area contributed by atoms with Crippen LogP contribution in [0.1, 0.15) is 29.8 Å². The van der Waals surface area contributed by atoms with Crippen molar-refractivity contribution in [2.45, 2.75) is 24.2 Å². The van der Waals surface area contributed by atoms with Crippen LogP contribution in [0.4, 0.5) is 0 Å². The van der Waals surface area contributed by atoms with Crippen LogP contribution in [0.3, 0.4) is 0 Å². The van der Waals surface area contributed by atoms with Crippen LogP contribution in [0.25, 0.3) is 0 Å². The number of carboxylic acids is 1. The van der Waals surface area contributed by atoms with Gasteiger partial charge in [0, 0.05) is 17.7 Å². The molecule has 88 valence electrons. The molecule has 1 heterocycles. The molecule has 0 radical (unpaired) electrons. The summed E-state index contributed by atoms with van der Waals surface area (Å²) in [6, 6.07) is 3.39. The maximum absolute atomic E-state index is 10.7. The second kappa shape index (κ2) is 7.24. The van der Waals surface area contributed by atoms with Gasteiger partial charge in [-0.15, -0.1) is 11.8 Å². The number of nitrogens with zero attached hydrogens (tertiary/aromatic N) is 1. The smallest absolute Gasteiger partial charge is 0.354 e. The average molecular weight is 241 g/mol. The fourth-order valence-corrected chi connectivity index (χ4v) is 2.13. The lowest BCUT2D eigenvalue weighted by atomic mass is 10.3. The van der Waals surface area contributed by atoms with Gasteiger partial charge in [0.1, 0.15) is 5.69 Å². The van der Waals surface area contributed by atoms with Crippen molar-refractivity contribution in [3.63, 3.8) is 0 Å². The van der Waals surface area contributed by atoms with Gasteiger partial charge in [-0.3, -0.25) is 0 Å². The number of unbranched alkanes of at least 4 members (excludes halogenated alkanes) is 2. The third kappa shape index (κ3) is 4.63. The van der Waals surface area contributed by atoms with E-state index in [1.807, 2.05) is 6.07 Å². The summed E-state index contributed by atoms with van der Waals surface area (Å²) in [6.07, 6.45) is 4.37. The Morgan fingerprint density at radius 3 is 2.88 bits per heavy atom. The normalized spacial score (nSPS) is 10.3. The molecule has 2 N–H and O–H groups in total. The van der Waals surface area contributed by atoms with Gasteiger partial charge in [-0.05, 0) is 30.7 Å². The molecule has 1 aromatic heterocycles. The van der Waals surface area contributed by atoms with Gasteiger partial charge in [-0.1, -0.05) is 6.42 Å². The summed E-state index contributed by atoms with van der Waals surface area (Å²) >= 11 is 1.62. The molecular formula is C11H15NO3S. The topological polar surface area (TPSA) is 70.4 Å². The minimum absolute atomic E-state index is 0.0837. The Labute approximate surface area is 98.7 Å². The van der Waals surface area contributed by atoms with E-state index in [-0.39, 0.29) is 12.3 Å². The van der Waals surface area contributed by atoms with Gasteiger partial charge in [0.2, 0.25) is 0 Å². The first kappa shape index (κ1) is 13.0. The quantitative estimate of drug-likeness (QED) is 0.564. The molecule has 0 atom stereocenters. The molecule has 0 saturated carbocycles. The fraction of sp³-hybridized carbons (Fsp3) is 0.455. The Morgan fingerprint density at radius 2 is 2.19 bits per heavy atom. The molecule has 0 fully saturated rings. The van der Waals surface area contributed by atoms with Crippen molar-refractivity contribution >= 4 is 17.7 Å². The number of carbonyl (C=O) groups is 1. The van der Waals surface area contributed by atoms with E-state index in [2.05, 4.69) is 4.98 Å². The largest absolute Gasteiger partial charge is 0.477 e. The third-order valence-corrected chi connectivity index (χ3v) is 3.10. The Balaban J connectivity index is 2.36. The first-order valence-corrected chi connectivity index (χ1v) is 6.15. The number of thioether (sulfide) groups is 1. The molecule has 1 rings (SSSR count). The van der Waals surface area contributed by atoms with Gasteiger partial charge in [-0.2, -0.15) is 0 Å². The predicted molar refractivity (Wildman–Crippen MR) is 62.9 cm³/mol. The van der Waals surface area contributed by atoms with Crippen molar-refractivity contribution in [3.05, 3.63) is 24.0 Å². The Morgan fingerprint density at radius 1 is 1.38 bits per heavy atom. The summed E-state index contributed by atoms with van der Waals surface area (Å²) in [7, 11) is 0. The summed E-state index contributed by atoms with van der Waals surface area (Å²) < 4.78 is 0. The fourth-order valence-electron chi connectivity index (χ4n) is 1.20. The second-order valence-corrected chi connectivity index (χ2v) is 4.48. The van der Waals surface area contributed by atoms with Gasteiger partial charge in [0.25, 0.3) is 0 Å². The molecule has 0 aliphatic heterocycles. The van der Waals surface area contributed by atoms with Crippen LogP contribution in [0.5, 0.6) is 0 Å². The minimum atomic E-state index is -0.997. The van der Waals surface area contributed by atoms with Gasteiger partial charge < -0.3 is 10.2 Å². The average Bonchev–Trinajstić information content (AvgIpc) is 2.29. The molecule has 0 saturated heterocycles. The number of carboxylic acid groups (broad SMARTS) is 1. The summed E-state index contributed by atoms with van der Waals surface area (Å²) in [6.45, 7) is 0.239. The first-order chi connectivity index (χ1) is 7.74. The zero-order valence-electron chi connectivity index (χ0n) is 8.93. The van der Waals surface area contributed by atoms with Gasteiger partial charge >= 0.3 is 5.97 Å². The summed E-state index contributed by atoms with van der Waals surface area (Å²) in [5.41, 5.74) is 0.0837. The molecule has 0 amide bonds. The highest BCUT2D eigenvalue weighted by molar-refractivity contribution is 7.99. The van der Waals surface area contributed by atoms with E-state index in [1.165, 1.54) is 6.20 Å². The Hall–Kier alpha value is -1.07. The van der Waals surface area contributed by atoms with E-state index in [4.69, 9.17) is 10.2 Å². The van der Waals surface area contributed by atoms with E-state index in [9.17, 15) is 4.79 Å². The number of aromatic carboxylic acids is 1. The molecule has 1 aromatic rings. The zero-order valence-corrected chi connectivity index (χ0v) is 9.74. The highest BCUT2D eigenvalue weighted by Gasteiger charge is 2.04. The van der Waals surface area contributed by atoms with Gasteiger partial charge in [0.15, 0.2) is 0 Å². The van der Waals surface area contributed by atoms with Crippen molar-refractivity contribution in [2.24, 2.45) is 0 Å². The van der Waals surface area contributed by atoms with Crippen LogP contribution < -0.4 is 0 Å². The Bertz CT molecular complexity index is 344. The number of pyridine rings is 1. The number of hydrogen-bond donors (Lipinski definition) is 2. The SMILES string of the molecule is O=C(O)c1cc(SCCCCCO)ccn1. The van der Waals surface area contributed by atoms with Crippen LogP contribution in [-0.4, -0.2) is 33.5 Å². The molecule has 16 heavy (non-hydrogen) atoms. The van der Waals surface area contributed by atoms with Crippen molar-refractivity contribution in [2.75, 3.05) is 12.4 Å². The van der Waals surface area contributed by atoms with E-state index in [1.54, 1.807) is 17.8 Å². The van der Waals surface area contributed by atoms with Crippen LogP contribution in [0.2, 0.25) is 0 Å². The maximum atomic E-state index is 10.7. The minimum Gasteiger partial charge on any atom is -0.477 e. The zero-order chi connectivity index (χ0) is 11.8. The molecular weight excluding hydrogens is 226 g/mol. The van der Waals surface area contributed by atoms with Crippen LogP contribution in [-0.2, 0) is 0 Å². The lowest BCUT2D eigenvalue weighted by molar-refractivity contribution is 0.0690. The third-order valence-electron chi connectivity index (χ3n) is 2.02. The Kier molecular flexibility index (Phi) is 5.88. The van der Waals surface area contributed by atoms with Crippen molar-refractivity contribution in [3.8, 4) is 0 Å². The highest BCUT2D eigenvalue weighted by atomic mass is 32.2. The van der Waals surface area contributed by atoms with Crippen molar-refractivity contribution < 1.29 is 15.0 Å². The summed E-state index contributed by atoms with van der Waals surface area (Å²) in [5, 5.41) is 17.4. The number of aliphatic hydroxyl groups excluding tert-OH is 1. The summed E-state index contributed by atoms with van der Waals surface area (Å²) in [5.74, 6) is -0.0639. The lowest BCUT2D eigenvalue weighted by Crippen LogP contribution is -1.99. The number of hydrogen-bond acceptors (Lipinski definition) is 4. The molecule has 0 unspecified atom stereocenters. The number of aromatic nitrogens is 1. The van der Waals surface area contributed by atoms with Crippen LogP contribution >= 0.6 is 11.8 Å². The number of rotatable bonds is 7. The monoisotopic (exact) mass is 241 g/mol. The lowest BCUT2D eigenvalue weighted by Gasteiger charge is -2.02. The van der Waals surface area contributed by atoms with Crippen molar-refractivity contribution in [1.82, 2.24) is 4.98 Å². The second-order valence-electron chi connectivity index (χ2n) is 3.31. The summed E-state index contributed by atoms with van der Waals surface area (Å²) in [4.78, 5) is 15.3. The van der Waals surface area contributed by atoms with E-state index >= 15 is 0 Å². The standard InChI is InChI=1S/C11H15NO3S/c13-6-2-1-3-7-16-9-4-5-12-10(8-9)11(14)15/h4-5,8,13H,1-3,6-7H2,(H,14,15). The molecule has 4 nitrogen and oxygen atoms in total. The van der Waals surface area contributed by atoms with Gasteiger partial charge in [0.05, 0.1) is 0 Å². The van der Waals surface area contributed by atoms with Gasteiger partial charge in [-0.25, -0.2) is 9.78 Å².